The molecule has 0 unspecified atom stereocenters. The number of anilines is 1. The number of ether oxygens (including phenoxy) is 1. The molecule has 0 spiro atoms. The first kappa shape index (κ1) is 15.8. The van der Waals surface area contributed by atoms with Gasteiger partial charge < -0.3 is 15.4 Å². The van der Waals surface area contributed by atoms with E-state index < -0.39 is 12.1 Å². The average molecular weight is 311 g/mol. The maximum Gasteiger partial charge on any atom is 0.407 e. The smallest absolute Gasteiger partial charge is 0.407 e. The van der Waals surface area contributed by atoms with Crippen LogP contribution in [0.1, 0.15) is 45.2 Å². The van der Waals surface area contributed by atoms with Gasteiger partial charge in [0.2, 0.25) is 5.91 Å². The van der Waals surface area contributed by atoms with E-state index in [9.17, 15) is 9.59 Å². The van der Waals surface area contributed by atoms with Gasteiger partial charge in [0, 0.05) is 11.3 Å². The SMILES string of the molecule is CCOC(=O)N[C@@H](C(=O)Nc1nc(C2CC2)cs1)C(C)C. The van der Waals surface area contributed by atoms with Crippen LogP contribution in [0.4, 0.5) is 9.93 Å². The van der Waals surface area contributed by atoms with Crippen LogP contribution in [0.5, 0.6) is 0 Å². The van der Waals surface area contributed by atoms with E-state index in [2.05, 4.69) is 15.6 Å². The largest absolute Gasteiger partial charge is 0.450 e. The number of alkyl carbamates (subject to hydrolysis) is 1. The molecule has 0 radical (unpaired) electrons. The quantitative estimate of drug-likeness (QED) is 0.846. The third-order valence-electron chi connectivity index (χ3n) is 3.25. The first-order valence-electron chi connectivity index (χ1n) is 7.20. The Bertz CT molecular complexity index is 511. The number of carbonyl (C=O) groups is 2. The fourth-order valence-electron chi connectivity index (χ4n) is 1.93. The van der Waals surface area contributed by atoms with E-state index in [1.807, 2.05) is 19.2 Å². The van der Waals surface area contributed by atoms with E-state index in [0.717, 1.165) is 5.69 Å². The molecule has 1 aliphatic carbocycles. The molecule has 0 bridgehead atoms. The summed E-state index contributed by atoms with van der Waals surface area (Å²) in [7, 11) is 0. The van der Waals surface area contributed by atoms with Gasteiger partial charge in [0.1, 0.15) is 6.04 Å². The monoisotopic (exact) mass is 311 g/mol. The summed E-state index contributed by atoms with van der Waals surface area (Å²) in [5.41, 5.74) is 1.05. The molecule has 2 amide bonds. The van der Waals surface area contributed by atoms with Crippen LogP contribution in [-0.2, 0) is 9.53 Å². The Kier molecular flexibility index (Phi) is 5.17. The summed E-state index contributed by atoms with van der Waals surface area (Å²) < 4.78 is 4.82. The van der Waals surface area contributed by atoms with Crippen LogP contribution >= 0.6 is 11.3 Å². The number of thiazole rings is 1. The van der Waals surface area contributed by atoms with Gasteiger partial charge in [-0.1, -0.05) is 13.8 Å². The molecule has 116 valence electrons. The summed E-state index contributed by atoms with van der Waals surface area (Å²) in [6.45, 7) is 5.73. The van der Waals surface area contributed by atoms with Crippen LogP contribution in [0.15, 0.2) is 5.38 Å². The number of amides is 2. The van der Waals surface area contributed by atoms with Crippen LogP contribution in [0.25, 0.3) is 0 Å². The lowest BCUT2D eigenvalue weighted by molar-refractivity contribution is -0.119. The Labute approximate surface area is 128 Å². The van der Waals surface area contributed by atoms with E-state index in [0.29, 0.717) is 11.0 Å². The predicted molar refractivity (Wildman–Crippen MR) is 81.5 cm³/mol. The maximum absolute atomic E-state index is 12.3. The summed E-state index contributed by atoms with van der Waals surface area (Å²) in [6.07, 6.45) is 1.77. The van der Waals surface area contributed by atoms with Crippen molar-refractivity contribution in [3.63, 3.8) is 0 Å². The van der Waals surface area contributed by atoms with Gasteiger partial charge in [0.25, 0.3) is 0 Å². The van der Waals surface area contributed by atoms with Crippen molar-refractivity contribution >= 4 is 28.5 Å². The number of aromatic nitrogens is 1. The van der Waals surface area contributed by atoms with E-state index >= 15 is 0 Å². The van der Waals surface area contributed by atoms with E-state index in [1.54, 1.807) is 6.92 Å². The minimum Gasteiger partial charge on any atom is -0.450 e. The number of hydrogen-bond donors (Lipinski definition) is 2. The summed E-state index contributed by atoms with van der Waals surface area (Å²) in [6, 6.07) is -0.641. The normalized spacial score (nSPS) is 15.6. The van der Waals surface area contributed by atoms with E-state index in [4.69, 9.17) is 4.74 Å². The van der Waals surface area contributed by atoms with Crippen LogP contribution in [0.2, 0.25) is 0 Å². The highest BCUT2D eigenvalue weighted by molar-refractivity contribution is 7.13. The molecule has 7 heteroatoms. The summed E-state index contributed by atoms with van der Waals surface area (Å²) in [4.78, 5) is 28.2. The molecular weight excluding hydrogens is 290 g/mol. The molecule has 0 aliphatic heterocycles. The van der Waals surface area contributed by atoms with Gasteiger partial charge in [-0.2, -0.15) is 0 Å². The van der Waals surface area contributed by atoms with Gasteiger partial charge in [-0.15, -0.1) is 11.3 Å². The predicted octanol–water partition coefficient (Wildman–Crippen LogP) is 2.73. The zero-order valence-corrected chi connectivity index (χ0v) is 13.3. The molecule has 1 atom stereocenters. The van der Waals surface area contributed by atoms with Gasteiger partial charge >= 0.3 is 6.09 Å². The lowest BCUT2D eigenvalue weighted by atomic mass is 10.0. The molecule has 1 fully saturated rings. The Balaban J connectivity index is 1.95. The summed E-state index contributed by atoms with van der Waals surface area (Å²) in [5, 5.41) is 7.92. The van der Waals surface area contributed by atoms with Crippen LogP contribution in [0.3, 0.4) is 0 Å². The molecule has 1 aliphatic rings. The van der Waals surface area contributed by atoms with E-state index in [-0.39, 0.29) is 18.4 Å². The molecule has 0 aromatic carbocycles. The van der Waals surface area contributed by atoms with Gasteiger partial charge in [-0.05, 0) is 25.7 Å². The van der Waals surface area contributed by atoms with Gasteiger partial charge in [0.05, 0.1) is 12.3 Å². The molecular formula is C14H21N3O3S. The van der Waals surface area contributed by atoms with Gasteiger partial charge in [-0.25, -0.2) is 9.78 Å². The number of hydrogen-bond acceptors (Lipinski definition) is 5. The zero-order valence-electron chi connectivity index (χ0n) is 12.5. The summed E-state index contributed by atoms with van der Waals surface area (Å²) in [5.74, 6) is 0.248. The minimum absolute atomic E-state index is 0.0442. The fourth-order valence-corrected chi connectivity index (χ4v) is 2.72. The second kappa shape index (κ2) is 6.89. The molecule has 0 saturated heterocycles. The fraction of sp³-hybridized carbons (Fsp3) is 0.643. The van der Waals surface area contributed by atoms with Crippen molar-refractivity contribution in [3.8, 4) is 0 Å². The zero-order chi connectivity index (χ0) is 15.4. The average Bonchev–Trinajstić information content (AvgIpc) is 3.17. The number of nitrogens with zero attached hydrogens (tertiary/aromatic N) is 1. The standard InChI is InChI=1S/C14H21N3O3S/c1-4-20-14(19)16-11(8(2)3)12(18)17-13-15-10(7-21-13)9-5-6-9/h7-9,11H,4-6H2,1-3H3,(H,16,19)(H,15,17,18)/t11-/m1/s1. The van der Waals surface area contributed by atoms with Gasteiger partial charge in [0.15, 0.2) is 5.13 Å². The molecule has 2 rings (SSSR count). The maximum atomic E-state index is 12.3. The lowest BCUT2D eigenvalue weighted by Crippen LogP contribution is -2.47. The van der Waals surface area contributed by atoms with Crippen LogP contribution in [0, 0.1) is 5.92 Å². The van der Waals surface area contributed by atoms with Crippen molar-refractivity contribution in [2.45, 2.75) is 45.6 Å². The third kappa shape index (κ3) is 4.42. The second-order valence-electron chi connectivity index (χ2n) is 5.43. The Morgan fingerprint density at radius 2 is 2.19 bits per heavy atom. The first-order chi connectivity index (χ1) is 10.0. The third-order valence-corrected chi connectivity index (χ3v) is 4.02. The van der Waals surface area contributed by atoms with Crippen molar-refractivity contribution in [2.24, 2.45) is 5.92 Å². The van der Waals surface area contributed by atoms with Crippen molar-refractivity contribution in [3.05, 3.63) is 11.1 Å². The highest BCUT2D eigenvalue weighted by Gasteiger charge is 2.28. The van der Waals surface area contributed by atoms with Crippen molar-refractivity contribution in [1.82, 2.24) is 10.3 Å². The molecule has 1 aromatic heterocycles. The van der Waals surface area contributed by atoms with Crippen molar-refractivity contribution in [2.75, 3.05) is 11.9 Å². The second-order valence-corrected chi connectivity index (χ2v) is 6.29. The van der Waals surface area contributed by atoms with Crippen LogP contribution < -0.4 is 10.6 Å². The van der Waals surface area contributed by atoms with Gasteiger partial charge in [-0.3, -0.25) is 4.79 Å². The highest BCUT2D eigenvalue weighted by atomic mass is 32.1. The Morgan fingerprint density at radius 3 is 2.76 bits per heavy atom. The Hall–Kier alpha value is -1.63. The van der Waals surface area contributed by atoms with E-state index in [1.165, 1.54) is 24.2 Å². The Morgan fingerprint density at radius 1 is 1.48 bits per heavy atom. The highest BCUT2D eigenvalue weighted by Crippen LogP contribution is 2.40. The molecule has 21 heavy (non-hydrogen) atoms. The van der Waals surface area contributed by atoms with Crippen molar-refractivity contribution < 1.29 is 14.3 Å². The van der Waals surface area contributed by atoms with Crippen molar-refractivity contribution in [1.29, 1.82) is 0 Å². The number of rotatable bonds is 6. The van der Waals surface area contributed by atoms with Crippen LogP contribution in [-0.4, -0.2) is 29.6 Å². The minimum atomic E-state index is -0.641. The molecule has 1 heterocycles. The number of carbonyl (C=O) groups excluding carboxylic acids is 2. The first-order valence-corrected chi connectivity index (χ1v) is 8.08. The molecule has 6 nitrogen and oxygen atoms in total. The summed E-state index contributed by atoms with van der Waals surface area (Å²) >= 11 is 1.42. The molecule has 1 aromatic rings. The molecule has 2 N–H and O–H groups in total. The lowest BCUT2D eigenvalue weighted by Gasteiger charge is -2.20. The number of nitrogens with one attached hydrogen (secondary N) is 2. The molecule has 1 saturated carbocycles. The topological polar surface area (TPSA) is 80.3 Å².